The van der Waals surface area contributed by atoms with Gasteiger partial charge in [-0.05, 0) is 31.9 Å². The van der Waals surface area contributed by atoms with Crippen LogP contribution >= 0.6 is 0 Å². The Kier molecular flexibility index (Phi) is 4.93. The van der Waals surface area contributed by atoms with E-state index in [4.69, 9.17) is 14.2 Å². The molecule has 2 unspecified atom stereocenters. The Morgan fingerprint density at radius 3 is 2.79 bits per heavy atom. The summed E-state index contributed by atoms with van der Waals surface area (Å²) in [6.45, 7) is 2.47. The van der Waals surface area contributed by atoms with E-state index in [-0.39, 0.29) is 24.3 Å². The van der Waals surface area contributed by atoms with Gasteiger partial charge in [0.15, 0.2) is 0 Å². The van der Waals surface area contributed by atoms with Crippen LogP contribution in [0.4, 0.5) is 0 Å². The zero-order valence-electron chi connectivity index (χ0n) is 11.4. The van der Waals surface area contributed by atoms with E-state index in [1.54, 1.807) is 19.2 Å². The second kappa shape index (κ2) is 6.68. The fourth-order valence-electron chi connectivity index (χ4n) is 2.27. The molecule has 1 aliphatic heterocycles. The highest BCUT2D eigenvalue weighted by atomic mass is 16.6. The van der Waals surface area contributed by atoms with E-state index >= 15 is 0 Å². The van der Waals surface area contributed by atoms with Crippen molar-refractivity contribution in [3.8, 4) is 0 Å². The molecule has 0 N–H and O–H groups in total. The van der Waals surface area contributed by atoms with Gasteiger partial charge in [-0.1, -0.05) is 18.2 Å². The summed E-state index contributed by atoms with van der Waals surface area (Å²) >= 11 is 0. The summed E-state index contributed by atoms with van der Waals surface area (Å²) in [5.41, 5.74) is 0.570. The van der Waals surface area contributed by atoms with E-state index in [0.29, 0.717) is 12.2 Å². The zero-order chi connectivity index (χ0) is 13.7. The number of hydrogen-bond donors (Lipinski definition) is 0. The lowest BCUT2D eigenvalue weighted by atomic mass is 10.1. The minimum absolute atomic E-state index is 0.0344. The van der Waals surface area contributed by atoms with Gasteiger partial charge < -0.3 is 14.2 Å². The van der Waals surface area contributed by atoms with Crippen molar-refractivity contribution in [3.05, 3.63) is 35.9 Å². The van der Waals surface area contributed by atoms with Crippen LogP contribution in [0.1, 0.15) is 30.1 Å². The molecule has 0 bridgehead atoms. The van der Waals surface area contributed by atoms with Crippen LogP contribution in [0.5, 0.6) is 0 Å². The first kappa shape index (κ1) is 14.0. The SMILES string of the molecule is COCC1CC[C@@H](C(C)OC(=O)c2ccccc2)O1. The fraction of sp³-hybridized carbons (Fsp3) is 0.533. The zero-order valence-corrected chi connectivity index (χ0v) is 11.4. The number of esters is 1. The summed E-state index contributed by atoms with van der Waals surface area (Å²) in [5.74, 6) is -0.299. The number of hydrogen-bond acceptors (Lipinski definition) is 4. The molecule has 1 saturated heterocycles. The van der Waals surface area contributed by atoms with Crippen LogP contribution in [0.15, 0.2) is 30.3 Å². The van der Waals surface area contributed by atoms with Gasteiger partial charge in [-0.2, -0.15) is 0 Å². The summed E-state index contributed by atoms with van der Waals surface area (Å²) in [4.78, 5) is 11.9. The maximum absolute atomic E-state index is 11.9. The molecule has 19 heavy (non-hydrogen) atoms. The van der Waals surface area contributed by atoms with Crippen molar-refractivity contribution >= 4 is 5.97 Å². The Morgan fingerprint density at radius 1 is 1.37 bits per heavy atom. The molecule has 4 nitrogen and oxygen atoms in total. The average molecular weight is 264 g/mol. The quantitative estimate of drug-likeness (QED) is 0.766. The molecule has 0 saturated carbocycles. The summed E-state index contributed by atoms with van der Waals surface area (Å²) in [6.07, 6.45) is 1.69. The molecule has 1 aromatic rings. The number of carbonyl (C=O) groups excluding carboxylic acids is 1. The Balaban J connectivity index is 1.85. The number of carbonyl (C=O) groups is 1. The largest absolute Gasteiger partial charge is 0.456 e. The minimum Gasteiger partial charge on any atom is -0.456 e. The van der Waals surface area contributed by atoms with Gasteiger partial charge in [0.05, 0.1) is 24.4 Å². The third kappa shape index (κ3) is 3.78. The molecule has 104 valence electrons. The van der Waals surface area contributed by atoms with Crippen molar-refractivity contribution in [3.63, 3.8) is 0 Å². The van der Waals surface area contributed by atoms with Crippen molar-refractivity contribution in [1.82, 2.24) is 0 Å². The minimum atomic E-state index is -0.299. The van der Waals surface area contributed by atoms with E-state index in [1.807, 2.05) is 25.1 Å². The molecule has 0 amide bonds. The summed E-state index contributed by atoms with van der Waals surface area (Å²) in [5, 5.41) is 0. The Hall–Kier alpha value is -1.39. The predicted octanol–water partition coefficient (Wildman–Crippen LogP) is 2.43. The van der Waals surface area contributed by atoms with Gasteiger partial charge in [-0.25, -0.2) is 4.79 Å². The molecule has 1 aromatic carbocycles. The van der Waals surface area contributed by atoms with E-state index in [9.17, 15) is 4.79 Å². The number of benzene rings is 1. The maximum Gasteiger partial charge on any atom is 0.338 e. The number of ether oxygens (including phenoxy) is 3. The van der Waals surface area contributed by atoms with Crippen molar-refractivity contribution in [1.29, 1.82) is 0 Å². The third-order valence-electron chi connectivity index (χ3n) is 3.32. The molecule has 2 rings (SSSR count). The standard InChI is InChI=1S/C15H20O4/c1-11(14-9-8-13(19-14)10-17-2)18-15(16)12-6-4-3-5-7-12/h3-7,11,13-14H,8-10H2,1-2H3/t11?,13?,14-/m0/s1. The highest BCUT2D eigenvalue weighted by Gasteiger charge is 2.31. The van der Waals surface area contributed by atoms with Crippen LogP contribution in [0.25, 0.3) is 0 Å². The Bertz CT molecular complexity index is 404. The van der Waals surface area contributed by atoms with Gasteiger partial charge in [-0.3, -0.25) is 0 Å². The second-order valence-corrected chi connectivity index (χ2v) is 4.81. The molecule has 0 spiro atoms. The van der Waals surface area contributed by atoms with Crippen LogP contribution < -0.4 is 0 Å². The predicted molar refractivity (Wildman–Crippen MR) is 71.1 cm³/mol. The van der Waals surface area contributed by atoms with Gasteiger partial charge in [0.25, 0.3) is 0 Å². The van der Waals surface area contributed by atoms with Crippen LogP contribution in [0.2, 0.25) is 0 Å². The molecule has 0 aromatic heterocycles. The topological polar surface area (TPSA) is 44.8 Å². The highest BCUT2D eigenvalue weighted by molar-refractivity contribution is 5.89. The van der Waals surface area contributed by atoms with E-state index < -0.39 is 0 Å². The number of methoxy groups -OCH3 is 1. The summed E-state index contributed by atoms with van der Waals surface area (Å²) in [7, 11) is 1.66. The van der Waals surface area contributed by atoms with Crippen LogP contribution in [-0.4, -0.2) is 38.0 Å². The molecular weight excluding hydrogens is 244 g/mol. The van der Waals surface area contributed by atoms with Gasteiger partial charge in [0.2, 0.25) is 0 Å². The lowest BCUT2D eigenvalue weighted by Crippen LogP contribution is -2.29. The first-order valence-corrected chi connectivity index (χ1v) is 6.61. The molecular formula is C15H20O4. The molecule has 1 fully saturated rings. The van der Waals surface area contributed by atoms with E-state index in [1.165, 1.54) is 0 Å². The lowest BCUT2D eigenvalue weighted by Gasteiger charge is -2.20. The maximum atomic E-state index is 11.9. The summed E-state index contributed by atoms with van der Waals surface area (Å²) in [6, 6.07) is 9.01. The van der Waals surface area contributed by atoms with Crippen LogP contribution in [-0.2, 0) is 14.2 Å². The van der Waals surface area contributed by atoms with Gasteiger partial charge >= 0.3 is 5.97 Å². The molecule has 4 heteroatoms. The molecule has 0 radical (unpaired) electrons. The molecule has 1 heterocycles. The molecule has 3 atom stereocenters. The van der Waals surface area contributed by atoms with Crippen molar-refractivity contribution < 1.29 is 19.0 Å². The second-order valence-electron chi connectivity index (χ2n) is 4.81. The Labute approximate surface area is 113 Å². The van der Waals surface area contributed by atoms with Gasteiger partial charge in [-0.15, -0.1) is 0 Å². The van der Waals surface area contributed by atoms with Crippen molar-refractivity contribution in [2.75, 3.05) is 13.7 Å². The first-order chi connectivity index (χ1) is 9.20. The molecule has 0 aliphatic carbocycles. The Morgan fingerprint density at radius 2 is 2.11 bits per heavy atom. The van der Waals surface area contributed by atoms with Gasteiger partial charge in [0.1, 0.15) is 6.10 Å². The van der Waals surface area contributed by atoms with E-state index in [0.717, 1.165) is 12.8 Å². The van der Waals surface area contributed by atoms with Gasteiger partial charge in [0, 0.05) is 7.11 Å². The lowest BCUT2D eigenvalue weighted by molar-refractivity contribution is -0.0586. The smallest absolute Gasteiger partial charge is 0.338 e. The average Bonchev–Trinajstić information content (AvgIpc) is 2.89. The third-order valence-corrected chi connectivity index (χ3v) is 3.32. The van der Waals surface area contributed by atoms with Crippen molar-refractivity contribution in [2.45, 2.75) is 38.1 Å². The molecule has 1 aliphatic rings. The fourth-order valence-corrected chi connectivity index (χ4v) is 2.27. The van der Waals surface area contributed by atoms with E-state index in [2.05, 4.69) is 0 Å². The highest BCUT2D eigenvalue weighted by Crippen LogP contribution is 2.24. The van der Waals surface area contributed by atoms with Crippen molar-refractivity contribution in [2.24, 2.45) is 0 Å². The first-order valence-electron chi connectivity index (χ1n) is 6.61. The number of rotatable bonds is 5. The van der Waals surface area contributed by atoms with Crippen LogP contribution in [0.3, 0.4) is 0 Å². The normalized spacial score (nSPS) is 24.1. The monoisotopic (exact) mass is 264 g/mol. The summed E-state index contributed by atoms with van der Waals surface area (Å²) < 4.78 is 16.3. The van der Waals surface area contributed by atoms with Crippen LogP contribution in [0, 0.1) is 0 Å².